The molecular weight excluding hydrogens is 102 g/mol. The minimum atomic E-state index is -2.19. The van der Waals surface area contributed by atoms with E-state index < -0.39 is 15.6 Å². The van der Waals surface area contributed by atoms with Gasteiger partial charge in [0.25, 0.3) is 0 Å². The zero-order valence-electron chi connectivity index (χ0n) is 3.12. The minimum absolute atomic E-state index is 0.398. The molecule has 6 heavy (non-hydrogen) atoms. The molecule has 0 amide bonds. The van der Waals surface area contributed by atoms with Crippen molar-refractivity contribution in [3.05, 3.63) is 12.3 Å². The fourth-order valence-electron chi connectivity index (χ4n) is 0.0891. The Morgan fingerprint density at radius 3 is 2.17 bits per heavy atom. The van der Waals surface area contributed by atoms with Crippen molar-refractivity contribution in [1.82, 2.24) is 0 Å². The molecule has 0 atom stereocenters. The standard InChI is InChI=1S/C3H4F2Si/c1-2-6-3(4)5/h2-3H,1H2. The molecule has 0 aromatic carbocycles. The van der Waals surface area contributed by atoms with Crippen LogP contribution in [0.5, 0.6) is 0 Å². The molecular formula is C3H4F2Si. The fraction of sp³-hybridized carbons (Fsp3) is 0.333. The summed E-state index contributed by atoms with van der Waals surface area (Å²) in [6.07, 6.45) is 0. The second kappa shape index (κ2) is 3.02. The summed E-state index contributed by atoms with van der Waals surface area (Å²) in [5.41, 5.74) is 1.23. The summed E-state index contributed by atoms with van der Waals surface area (Å²) >= 11 is 0. The molecule has 0 N–H and O–H groups in total. The van der Waals surface area contributed by atoms with Crippen LogP contribution in [0, 0.1) is 0 Å². The molecule has 0 spiro atoms. The zero-order chi connectivity index (χ0) is 4.99. The number of hydrogen-bond donors (Lipinski definition) is 0. The molecule has 0 fully saturated rings. The first-order valence-electron chi connectivity index (χ1n) is 1.42. The molecule has 0 saturated heterocycles. The van der Waals surface area contributed by atoms with Crippen LogP contribution in [0.1, 0.15) is 0 Å². The van der Waals surface area contributed by atoms with E-state index in [0.717, 1.165) is 0 Å². The molecule has 0 nitrogen and oxygen atoms in total. The number of hydrogen-bond acceptors (Lipinski definition) is 0. The summed E-state index contributed by atoms with van der Waals surface area (Å²) in [5.74, 6) is 0. The second-order valence-corrected chi connectivity index (χ2v) is 1.85. The highest BCUT2D eigenvalue weighted by molar-refractivity contribution is 6.42. The predicted molar refractivity (Wildman–Crippen MR) is 22.0 cm³/mol. The Bertz CT molecular complexity index is 44.1. The van der Waals surface area contributed by atoms with Crippen molar-refractivity contribution in [2.75, 3.05) is 0 Å². The third-order valence-corrected chi connectivity index (χ3v) is 0.732. The van der Waals surface area contributed by atoms with Crippen molar-refractivity contribution in [1.29, 1.82) is 0 Å². The summed E-state index contributed by atoms with van der Waals surface area (Å²) in [5, 5.41) is 0. The van der Waals surface area contributed by atoms with Gasteiger partial charge in [-0.1, -0.05) is 0 Å². The van der Waals surface area contributed by atoms with Gasteiger partial charge in [-0.2, -0.15) is 0 Å². The summed E-state index contributed by atoms with van der Waals surface area (Å²) in [4.78, 5) is 0. The largest absolute Gasteiger partial charge is 0.221 e. The number of halogens is 2. The van der Waals surface area contributed by atoms with Crippen LogP contribution in [0.25, 0.3) is 0 Å². The molecule has 0 unspecified atom stereocenters. The van der Waals surface area contributed by atoms with Gasteiger partial charge < -0.3 is 0 Å². The van der Waals surface area contributed by atoms with Gasteiger partial charge >= 0.3 is 0 Å². The Hall–Kier alpha value is -0.183. The quantitative estimate of drug-likeness (QED) is 0.462. The first kappa shape index (κ1) is 5.82. The van der Waals surface area contributed by atoms with Gasteiger partial charge in [0.05, 0.1) is 0 Å². The fourth-order valence-corrected chi connectivity index (χ4v) is 0.267. The van der Waals surface area contributed by atoms with E-state index >= 15 is 0 Å². The third-order valence-electron chi connectivity index (χ3n) is 0.244. The highest BCUT2D eigenvalue weighted by Crippen LogP contribution is 1.85. The van der Waals surface area contributed by atoms with Gasteiger partial charge in [0, 0.05) is 0 Å². The van der Waals surface area contributed by atoms with E-state index in [1.54, 1.807) is 0 Å². The monoisotopic (exact) mass is 106 g/mol. The Labute approximate surface area is 37.7 Å². The molecule has 0 aliphatic rings. The van der Waals surface area contributed by atoms with Gasteiger partial charge in [-0.15, -0.1) is 12.3 Å². The average molecular weight is 106 g/mol. The van der Waals surface area contributed by atoms with E-state index in [1.165, 1.54) is 5.70 Å². The second-order valence-electron chi connectivity index (χ2n) is 0.671. The lowest BCUT2D eigenvalue weighted by molar-refractivity contribution is 0.239. The lowest BCUT2D eigenvalue weighted by Crippen LogP contribution is -1.98. The van der Waals surface area contributed by atoms with Gasteiger partial charge in [-0.3, -0.25) is 0 Å². The van der Waals surface area contributed by atoms with Crippen LogP contribution in [-0.4, -0.2) is 15.6 Å². The maximum absolute atomic E-state index is 11.0. The zero-order valence-corrected chi connectivity index (χ0v) is 4.12. The van der Waals surface area contributed by atoms with Gasteiger partial charge in [0.1, 0.15) is 0 Å². The van der Waals surface area contributed by atoms with Crippen LogP contribution in [0.2, 0.25) is 0 Å². The van der Waals surface area contributed by atoms with Crippen LogP contribution in [0.3, 0.4) is 0 Å². The first-order chi connectivity index (χ1) is 2.77. The predicted octanol–water partition coefficient (Wildman–Crippen LogP) is 1.06. The van der Waals surface area contributed by atoms with Crippen molar-refractivity contribution < 1.29 is 8.78 Å². The van der Waals surface area contributed by atoms with Crippen LogP contribution in [0.4, 0.5) is 8.78 Å². The molecule has 0 aliphatic carbocycles. The molecule has 0 aromatic heterocycles. The van der Waals surface area contributed by atoms with Crippen LogP contribution < -0.4 is 0 Å². The topological polar surface area (TPSA) is 0 Å². The first-order valence-corrected chi connectivity index (χ1v) is 2.58. The molecule has 34 valence electrons. The van der Waals surface area contributed by atoms with E-state index in [0.29, 0.717) is 0 Å². The lowest BCUT2D eigenvalue weighted by atomic mass is 11.3. The Morgan fingerprint density at radius 1 is 1.67 bits per heavy atom. The summed E-state index contributed by atoms with van der Waals surface area (Å²) < 4.78 is 22.0. The maximum Gasteiger partial charge on any atom is 0.221 e. The molecule has 0 bridgehead atoms. The van der Waals surface area contributed by atoms with Crippen LogP contribution in [0.15, 0.2) is 12.3 Å². The van der Waals surface area contributed by atoms with Gasteiger partial charge in [0.2, 0.25) is 6.05 Å². The summed E-state index contributed by atoms with van der Waals surface area (Å²) in [6.45, 7) is 3.13. The van der Waals surface area contributed by atoms with Gasteiger partial charge in [-0.05, 0) is 0 Å². The van der Waals surface area contributed by atoms with Crippen LogP contribution >= 0.6 is 0 Å². The van der Waals surface area contributed by atoms with E-state index in [1.807, 2.05) is 0 Å². The van der Waals surface area contributed by atoms with Crippen LogP contribution in [-0.2, 0) is 0 Å². The summed E-state index contributed by atoms with van der Waals surface area (Å²) in [6, 6.07) is -2.19. The Morgan fingerprint density at radius 2 is 2.17 bits per heavy atom. The molecule has 3 heteroatoms. The molecule has 2 radical (unpaired) electrons. The lowest BCUT2D eigenvalue weighted by Gasteiger charge is -1.81. The van der Waals surface area contributed by atoms with E-state index in [4.69, 9.17) is 0 Å². The number of rotatable bonds is 2. The highest BCUT2D eigenvalue weighted by Gasteiger charge is 1.95. The molecule has 0 aromatic rings. The third kappa shape index (κ3) is 3.82. The number of alkyl halides is 2. The van der Waals surface area contributed by atoms with Gasteiger partial charge in [-0.25, -0.2) is 8.78 Å². The highest BCUT2D eigenvalue weighted by atomic mass is 28.2. The van der Waals surface area contributed by atoms with Crippen molar-refractivity contribution in [3.8, 4) is 0 Å². The van der Waals surface area contributed by atoms with Crippen molar-refractivity contribution in [3.63, 3.8) is 0 Å². The Balaban J connectivity index is 2.81. The SMILES string of the molecule is C=C[Si]C(F)F. The van der Waals surface area contributed by atoms with Gasteiger partial charge in [0.15, 0.2) is 9.52 Å². The average Bonchev–Trinajstić information content (AvgIpc) is 1.35. The maximum atomic E-state index is 11.0. The van der Waals surface area contributed by atoms with Crippen molar-refractivity contribution >= 4 is 9.52 Å². The molecule has 0 aliphatic heterocycles. The smallest absolute Gasteiger partial charge is 0.216 e. The van der Waals surface area contributed by atoms with E-state index in [9.17, 15) is 8.78 Å². The van der Waals surface area contributed by atoms with E-state index in [2.05, 4.69) is 6.58 Å². The molecule has 0 heterocycles. The normalized spacial score (nSPS) is 9.17. The summed E-state index contributed by atoms with van der Waals surface area (Å²) in [7, 11) is -0.398. The Kier molecular flexibility index (Phi) is 2.93. The van der Waals surface area contributed by atoms with E-state index in [-0.39, 0.29) is 0 Å². The minimum Gasteiger partial charge on any atom is -0.216 e. The van der Waals surface area contributed by atoms with Crippen molar-refractivity contribution in [2.24, 2.45) is 0 Å². The van der Waals surface area contributed by atoms with Crippen molar-refractivity contribution in [2.45, 2.75) is 6.05 Å². The molecule has 0 saturated carbocycles. The molecule has 0 rings (SSSR count).